The molecule has 0 heterocycles. The summed E-state index contributed by atoms with van der Waals surface area (Å²) in [5.74, 6) is 2.89. The number of thioether (sulfide) groups is 1. The molecule has 0 bridgehead atoms. The van der Waals surface area contributed by atoms with E-state index in [1.807, 2.05) is 11.8 Å². The van der Waals surface area contributed by atoms with Crippen LogP contribution in [0.3, 0.4) is 0 Å². The number of rotatable bonds is 7. The number of hydrogen-bond acceptors (Lipinski definition) is 2. The van der Waals surface area contributed by atoms with Crippen LogP contribution in [0, 0.1) is 5.92 Å². The Morgan fingerprint density at radius 3 is 2.75 bits per heavy atom. The van der Waals surface area contributed by atoms with E-state index in [1.54, 1.807) is 0 Å². The van der Waals surface area contributed by atoms with Crippen LogP contribution in [0.25, 0.3) is 0 Å². The van der Waals surface area contributed by atoms with E-state index in [0.717, 1.165) is 37.1 Å². The highest BCUT2D eigenvalue weighted by Crippen LogP contribution is 2.28. The molecule has 2 atom stereocenters. The molecule has 1 aromatic rings. The Kier molecular flexibility index (Phi) is 6.25. The highest BCUT2D eigenvalue weighted by atomic mass is 32.2. The van der Waals surface area contributed by atoms with Crippen LogP contribution < -0.4 is 10.6 Å². The lowest BCUT2D eigenvalue weighted by atomic mass is 10.4. The Balaban J connectivity index is 1.64. The van der Waals surface area contributed by atoms with E-state index in [0.29, 0.717) is 6.04 Å². The average Bonchev–Trinajstić information content (AvgIpc) is 3.15. The molecule has 2 rings (SSSR count). The second-order valence-corrected chi connectivity index (χ2v) is 6.41. The number of hydrogen-bond donors (Lipinski definition) is 2. The number of guanidine groups is 1. The Labute approximate surface area is 126 Å². The summed E-state index contributed by atoms with van der Waals surface area (Å²) in [7, 11) is 0. The van der Waals surface area contributed by atoms with Crippen LogP contribution in [0.2, 0.25) is 0 Å². The first-order valence-electron chi connectivity index (χ1n) is 7.52. The Bertz CT molecular complexity index is 419. The average molecular weight is 291 g/mol. The SMILES string of the molecule is CCNC(=NCCCSc1ccccc1)NC1CC1C. The third kappa shape index (κ3) is 5.45. The van der Waals surface area contributed by atoms with Crippen molar-refractivity contribution in [2.45, 2.75) is 37.6 Å². The minimum absolute atomic E-state index is 0.631. The maximum absolute atomic E-state index is 4.64. The molecule has 0 radical (unpaired) electrons. The lowest BCUT2D eigenvalue weighted by molar-refractivity contribution is 0.763. The molecule has 1 aliphatic rings. The third-order valence-electron chi connectivity index (χ3n) is 3.36. The van der Waals surface area contributed by atoms with Crippen molar-refractivity contribution in [3.05, 3.63) is 30.3 Å². The van der Waals surface area contributed by atoms with Crippen molar-refractivity contribution in [2.75, 3.05) is 18.8 Å². The topological polar surface area (TPSA) is 36.4 Å². The Hall–Kier alpha value is -1.16. The van der Waals surface area contributed by atoms with E-state index in [-0.39, 0.29) is 0 Å². The standard InChI is InChI=1S/C16H25N3S/c1-3-17-16(19-15-12-13(15)2)18-10-7-11-20-14-8-5-4-6-9-14/h4-6,8-9,13,15H,3,7,10-12H2,1-2H3,(H2,17,18,19). The lowest BCUT2D eigenvalue weighted by Crippen LogP contribution is -2.39. The number of benzene rings is 1. The fourth-order valence-electron chi connectivity index (χ4n) is 1.98. The summed E-state index contributed by atoms with van der Waals surface area (Å²) in [5.41, 5.74) is 0. The fourth-order valence-corrected chi connectivity index (χ4v) is 2.84. The normalized spacial score (nSPS) is 21.6. The maximum atomic E-state index is 4.64. The van der Waals surface area contributed by atoms with Gasteiger partial charge >= 0.3 is 0 Å². The zero-order chi connectivity index (χ0) is 14.2. The van der Waals surface area contributed by atoms with Crippen LogP contribution in [0.5, 0.6) is 0 Å². The summed E-state index contributed by atoms with van der Waals surface area (Å²) in [5, 5.41) is 6.80. The van der Waals surface area contributed by atoms with E-state index in [4.69, 9.17) is 0 Å². The second kappa shape index (κ2) is 8.20. The number of aliphatic imine (C=N–C) groups is 1. The van der Waals surface area contributed by atoms with E-state index < -0.39 is 0 Å². The first-order valence-corrected chi connectivity index (χ1v) is 8.51. The quantitative estimate of drug-likeness (QED) is 0.351. The molecule has 110 valence electrons. The highest BCUT2D eigenvalue weighted by molar-refractivity contribution is 7.99. The zero-order valence-corrected chi connectivity index (χ0v) is 13.2. The van der Waals surface area contributed by atoms with Gasteiger partial charge in [0.2, 0.25) is 0 Å². The second-order valence-electron chi connectivity index (χ2n) is 5.24. The molecule has 20 heavy (non-hydrogen) atoms. The molecule has 3 nitrogen and oxygen atoms in total. The summed E-state index contributed by atoms with van der Waals surface area (Å²) in [6.07, 6.45) is 2.38. The predicted molar refractivity (Wildman–Crippen MR) is 88.5 cm³/mol. The van der Waals surface area contributed by atoms with Crippen LogP contribution in [0.15, 0.2) is 40.2 Å². The molecule has 0 aromatic heterocycles. The van der Waals surface area contributed by atoms with Crippen LogP contribution in [-0.2, 0) is 0 Å². The van der Waals surface area contributed by atoms with E-state index >= 15 is 0 Å². The Morgan fingerprint density at radius 1 is 1.35 bits per heavy atom. The molecule has 1 aromatic carbocycles. The number of nitrogens with zero attached hydrogens (tertiary/aromatic N) is 1. The zero-order valence-electron chi connectivity index (χ0n) is 12.4. The minimum atomic E-state index is 0.631. The van der Waals surface area contributed by atoms with Crippen molar-refractivity contribution in [1.82, 2.24) is 10.6 Å². The van der Waals surface area contributed by atoms with Crippen molar-refractivity contribution in [3.63, 3.8) is 0 Å². The van der Waals surface area contributed by atoms with Gasteiger partial charge in [-0.05, 0) is 43.6 Å². The van der Waals surface area contributed by atoms with Gasteiger partial charge in [0.05, 0.1) is 0 Å². The molecule has 1 fully saturated rings. The van der Waals surface area contributed by atoms with Gasteiger partial charge in [0.25, 0.3) is 0 Å². The molecule has 1 aliphatic carbocycles. The van der Waals surface area contributed by atoms with Gasteiger partial charge in [0.1, 0.15) is 0 Å². The van der Waals surface area contributed by atoms with Crippen LogP contribution in [0.4, 0.5) is 0 Å². The van der Waals surface area contributed by atoms with Gasteiger partial charge in [-0.25, -0.2) is 0 Å². The maximum Gasteiger partial charge on any atom is 0.191 e. The van der Waals surface area contributed by atoms with Crippen molar-refractivity contribution < 1.29 is 0 Å². The van der Waals surface area contributed by atoms with Gasteiger partial charge in [-0.15, -0.1) is 11.8 Å². The van der Waals surface area contributed by atoms with Crippen molar-refractivity contribution >= 4 is 17.7 Å². The van der Waals surface area contributed by atoms with Gasteiger partial charge in [-0.1, -0.05) is 25.1 Å². The summed E-state index contributed by atoms with van der Waals surface area (Å²) < 4.78 is 0. The molecule has 0 saturated heterocycles. The van der Waals surface area contributed by atoms with Gasteiger partial charge < -0.3 is 10.6 Å². The van der Waals surface area contributed by atoms with Gasteiger partial charge in [0, 0.05) is 24.0 Å². The van der Waals surface area contributed by atoms with Crippen molar-refractivity contribution in [1.29, 1.82) is 0 Å². The monoisotopic (exact) mass is 291 g/mol. The molecule has 2 N–H and O–H groups in total. The predicted octanol–water partition coefficient (Wildman–Crippen LogP) is 3.13. The highest BCUT2D eigenvalue weighted by Gasteiger charge is 2.33. The molecule has 0 amide bonds. The first kappa shape index (κ1) is 15.2. The smallest absolute Gasteiger partial charge is 0.191 e. The lowest BCUT2D eigenvalue weighted by Gasteiger charge is -2.10. The van der Waals surface area contributed by atoms with Crippen LogP contribution in [0.1, 0.15) is 26.7 Å². The van der Waals surface area contributed by atoms with Crippen LogP contribution in [-0.4, -0.2) is 30.8 Å². The molecule has 0 spiro atoms. The first-order chi connectivity index (χ1) is 9.79. The molecular weight excluding hydrogens is 266 g/mol. The molecular formula is C16H25N3S. The molecule has 0 aliphatic heterocycles. The van der Waals surface area contributed by atoms with E-state index in [2.05, 4.69) is 59.8 Å². The van der Waals surface area contributed by atoms with E-state index in [9.17, 15) is 0 Å². The minimum Gasteiger partial charge on any atom is -0.357 e. The molecule has 1 saturated carbocycles. The number of nitrogens with one attached hydrogen (secondary N) is 2. The third-order valence-corrected chi connectivity index (χ3v) is 4.46. The van der Waals surface area contributed by atoms with Gasteiger partial charge in [-0.3, -0.25) is 4.99 Å². The summed E-state index contributed by atoms with van der Waals surface area (Å²) in [4.78, 5) is 5.98. The van der Waals surface area contributed by atoms with Crippen molar-refractivity contribution in [3.8, 4) is 0 Å². The summed E-state index contributed by atoms with van der Waals surface area (Å²) >= 11 is 1.90. The van der Waals surface area contributed by atoms with Gasteiger partial charge in [0.15, 0.2) is 5.96 Å². The Morgan fingerprint density at radius 2 is 2.10 bits per heavy atom. The van der Waals surface area contributed by atoms with Gasteiger partial charge in [-0.2, -0.15) is 0 Å². The summed E-state index contributed by atoms with van der Waals surface area (Å²) in [6.45, 7) is 6.19. The van der Waals surface area contributed by atoms with Crippen LogP contribution >= 0.6 is 11.8 Å². The van der Waals surface area contributed by atoms with E-state index in [1.165, 1.54) is 11.3 Å². The summed E-state index contributed by atoms with van der Waals surface area (Å²) in [6, 6.07) is 11.2. The van der Waals surface area contributed by atoms with Crippen molar-refractivity contribution in [2.24, 2.45) is 10.9 Å². The fraction of sp³-hybridized carbons (Fsp3) is 0.562. The molecule has 4 heteroatoms. The molecule has 2 unspecified atom stereocenters. The largest absolute Gasteiger partial charge is 0.357 e.